The molecule has 2 unspecified atom stereocenters. The van der Waals surface area contributed by atoms with E-state index in [1.54, 1.807) is 35.2 Å². The number of amides is 2. The Morgan fingerprint density at radius 3 is 2.70 bits per heavy atom. The summed E-state index contributed by atoms with van der Waals surface area (Å²) < 4.78 is 1.76. The highest BCUT2D eigenvalue weighted by Gasteiger charge is 2.21. The van der Waals surface area contributed by atoms with Crippen LogP contribution < -0.4 is 10.6 Å². The first-order valence-electron chi connectivity index (χ1n) is 10.3. The predicted molar refractivity (Wildman–Crippen MR) is 119 cm³/mol. The van der Waals surface area contributed by atoms with Gasteiger partial charge in [0.15, 0.2) is 5.16 Å². The van der Waals surface area contributed by atoms with Crippen LogP contribution in [0.25, 0.3) is 0 Å². The van der Waals surface area contributed by atoms with Gasteiger partial charge in [-0.1, -0.05) is 31.7 Å². The molecule has 0 radical (unpaired) electrons. The summed E-state index contributed by atoms with van der Waals surface area (Å²) in [4.78, 5) is 27.1. The second-order valence-corrected chi connectivity index (χ2v) is 9.05. The number of aromatic nitrogens is 3. The average Bonchev–Trinajstić information content (AvgIpc) is 3.10. The molecule has 162 valence electrons. The molecule has 0 aliphatic carbocycles. The van der Waals surface area contributed by atoms with Crippen molar-refractivity contribution in [2.75, 3.05) is 37.2 Å². The predicted octanol–water partition coefficient (Wildman–Crippen LogP) is 2.25. The Balaban J connectivity index is 1.45. The van der Waals surface area contributed by atoms with Gasteiger partial charge in [-0.15, -0.1) is 10.2 Å². The van der Waals surface area contributed by atoms with E-state index in [4.69, 9.17) is 0 Å². The fourth-order valence-corrected chi connectivity index (χ4v) is 4.56. The first-order valence-corrected chi connectivity index (χ1v) is 11.3. The van der Waals surface area contributed by atoms with Gasteiger partial charge in [-0.3, -0.25) is 9.59 Å². The lowest BCUT2D eigenvalue weighted by atomic mass is 9.92. The molecule has 1 saturated heterocycles. The van der Waals surface area contributed by atoms with Crippen molar-refractivity contribution >= 4 is 29.3 Å². The standard InChI is InChI=1S/C21H30N6O2S/c1-15-9-16(2)12-27(11-15)8-7-22-20(29)17-5-4-6-18(10-17)24-19(28)13-30-21-25-23-14-26(21)3/h4-6,10,14-16H,7-9,11-13H2,1-3H3,(H,22,29)(H,24,28). The van der Waals surface area contributed by atoms with E-state index in [1.807, 2.05) is 7.05 Å². The maximum atomic E-state index is 12.5. The molecule has 2 N–H and O–H groups in total. The van der Waals surface area contributed by atoms with Gasteiger partial charge >= 0.3 is 0 Å². The van der Waals surface area contributed by atoms with Crippen molar-refractivity contribution in [1.29, 1.82) is 0 Å². The van der Waals surface area contributed by atoms with Gasteiger partial charge in [0.05, 0.1) is 5.75 Å². The van der Waals surface area contributed by atoms with Crippen LogP contribution in [-0.4, -0.2) is 63.4 Å². The van der Waals surface area contributed by atoms with Crippen molar-refractivity contribution in [3.05, 3.63) is 36.2 Å². The summed E-state index contributed by atoms with van der Waals surface area (Å²) in [6.07, 6.45) is 2.87. The van der Waals surface area contributed by atoms with Gasteiger partial charge in [0.2, 0.25) is 5.91 Å². The zero-order valence-electron chi connectivity index (χ0n) is 17.8. The number of aryl methyl sites for hydroxylation is 1. The zero-order chi connectivity index (χ0) is 21.5. The summed E-state index contributed by atoms with van der Waals surface area (Å²) in [5.41, 5.74) is 1.14. The van der Waals surface area contributed by atoms with E-state index in [2.05, 4.69) is 39.6 Å². The highest BCUT2D eigenvalue weighted by molar-refractivity contribution is 7.99. The van der Waals surface area contributed by atoms with Crippen molar-refractivity contribution < 1.29 is 9.59 Å². The normalized spacial score (nSPS) is 19.4. The van der Waals surface area contributed by atoms with E-state index in [0.29, 0.717) is 34.8 Å². The number of hydrogen-bond acceptors (Lipinski definition) is 6. The SMILES string of the molecule is CC1CC(C)CN(CCNC(=O)c2cccc(NC(=O)CSc3nncn3C)c2)C1. The van der Waals surface area contributed by atoms with Gasteiger partial charge in [0, 0.05) is 44.5 Å². The van der Waals surface area contributed by atoms with E-state index in [1.165, 1.54) is 18.2 Å². The van der Waals surface area contributed by atoms with Crippen molar-refractivity contribution in [3.63, 3.8) is 0 Å². The lowest BCUT2D eigenvalue weighted by Crippen LogP contribution is -2.42. The average molecular weight is 431 g/mol. The smallest absolute Gasteiger partial charge is 0.251 e. The molecule has 2 aromatic rings. The number of nitrogens with zero attached hydrogens (tertiary/aromatic N) is 4. The lowest BCUT2D eigenvalue weighted by molar-refractivity contribution is -0.113. The number of anilines is 1. The summed E-state index contributed by atoms with van der Waals surface area (Å²) in [6.45, 7) is 8.22. The number of benzene rings is 1. The van der Waals surface area contributed by atoms with Crippen molar-refractivity contribution in [2.24, 2.45) is 18.9 Å². The minimum atomic E-state index is -0.158. The number of carbonyl (C=O) groups excluding carboxylic acids is 2. The highest BCUT2D eigenvalue weighted by atomic mass is 32.2. The summed E-state index contributed by atoms with van der Waals surface area (Å²) >= 11 is 1.31. The van der Waals surface area contributed by atoms with Crippen LogP contribution >= 0.6 is 11.8 Å². The minimum Gasteiger partial charge on any atom is -0.351 e. The molecular weight excluding hydrogens is 400 g/mol. The molecule has 1 aliphatic heterocycles. The summed E-state index contributed by atoms with van der Waals surface area (Å²) in [5, 5.41) is 14.2. The Labute approximate surface area is 181 Å². The Hall–Kier alpha value is -2.39. The Morgan fingerprint density at radius 2 is 2.00 bits per heavy atom. The van der Waals surface area contributed by atoms with Crippen LogP contribution in [0.1, 0.15) is 30.6 Å². The molecule has 0 spiro atoms. The third-order valence-corrected chi connectivity index (χ3v) is 6.10. The minimum absolute atomic E-state index is 0.127. The Bertz CT molecular complexity index is 861. The molecule has 1 aliphatic rings. The van der Waals surface area contributed by atoms with Gasteiger partial charge in [-0.25, -0.2) is 0 Å². The van der Waals surface area contributed by atoms with Crippen LogP contribution in [0.2, 0.25) is 0 Å². The number of carbonyl (C=O) groups is 2. The van der Waals surface area contributed by atoms with Crippen LogP contribution in [0.15, 0.2) is 35.7 Å². The van der Waals surface area contributed by atoms with E-state index in [-0.39, 0.29) is 17.6 Å². The molecule has 1 aromatic heterocycles. The number of hydrogen-bond donors (Lipinski definition) is 2. The number of piperidine rings is 1. The molecular formula is C21H30N6O2S. The number of rotatable bonds is 8. The largest absolute Gasteiger partial charge is 0.351 e. The molecule has 8 nitrogen and oxygen atoms in total. The van der Waals surface area contributed by atoms with Crippen molar-refractivity contribution in [2.45, 2.75) is 25.4 Å². The van der Waals surface area contributed by atoms with Gasteiger partial charge in [-0.2, -0.15) is 0 Å². The third kappa shape index (κ3) is 6.56. The molecule has 30 heavy (non-hydrogen) atoms. The summed E-state index contributed by atoms with van der Waals surface area (Å²) in [6, 6.07) is 7.00. The van der Waals surface area contributed by atoms with Crippen LogP contribution in [0.4, 0.5) is 5.69 Å². The molecule has 1 fully saturated rings. The fraction of sp³-hybridized carbons (Fsp3) is 0.524. The first kappa shape index (κ1) is 22.3. The second-order valence-electron chi connectivity index (χ2n) is 8.10. The third-order valence-electron chi connectivity index (χ3n) is 5.07. The van der Waals surface area contributed by atoms with Crippen LogP contribution in [0.5, 0.6) is 0 Å². The Morgan fingerprint density at radius 1 is 1.23 bits per heavy atom. The monoisotopic (exact) mass is 430 g/mol. The van der Waals surface area contributed by atoms with Crippen molar-refractivity contribution in [1.82, 2.24) is 25.0 Å². The summed E-state index contributed by atoms with van der Waals surface area (Å²) in [5.74, 6) is 1.34. The van der Waals surface area contributed by atoms with E-state index >= 15 is 0 Å². The Kier molecular flexibility index (Phi) is 7.87. The molecule has 0 saturated carbocycles. The maximum absolute atomic E-state index is 12.5. The topological polar surface area (TPSA) is 92.2 Å². The molecule has 2 heterocycles. The molecule has 1 aromatic carbocycles. The second kappa shape index (κ2) is 10.6. The van der Waals surface area contributed by atoms with Crippen LogP contribution in [0.3, 0.4) is 0 Å². The lowest BCUT2D eigenvalue weighted by Gasteiger charge is -2.34. The van der Waals surface area contributed by atoms with Gasteiger partial charge in [-0.05, 0) is 36.5 Å². The quantitative estimate of drug-likeness (QED) is 0.624. The fourth-order valence-electron chi connectivity index (χ4n) is 3.87. The number of thioether (sulfide) groups is 1. The van der Waals surface area contributed by atoms with E-state index in [9.17, 15) is 9.59 Å². The van der Waals surface area contributed by atoms with Gasteiger partial charge in [0.1, 0.15) is 6.33 Å². The van der Waals surface area contributed by atoms with Crippen molar-refractivity contribution in [3.8, 4) is 0 Å². The summed E-state index contributed by atoms with van der Waals surface area (Å²) in [7, 11) is 1.83. The van der Waals surface area contributed by atoms with Crippen LogP contribution in [-0.2, 0) is 11.8 Å². The van der Waals surface area contributed by atoms with E-state index < -0.39 is 0 Å². The molecule has 0 bridgehead atoms. The number of nitrogens with one attached hydrogen (secondary N) is 2. The van der Waals surface area contributed by atoms with Gasteiger partial charge in [0.25, 0.3) is 5.91 Å². The highest BCUT2D eigenvalue weighted by Crippen LogP contribution is 2.20. The molecule has 3 rings (SSSR count). The van der Waals surface area contributed by atoms with E-state index in [0.717, 1.165) is 19.6 Å². The molecule has 2 atom stereocenters. The van der Waals surface area contributed by atoms with Gasteiger partial charge < -0.3 is 20.1 Å². The molecule has 9 heteroatoms. The zero-order valence-corrected chi connectivity index (χ0v) is 18.6. The van der Waals surface area contributed by atoms with Crippen LogP contribution in [0, 0.1) is 11.8 Å². The molecule has 2 amide bonds. The maximum Gasteiger partial charge on any atom is 0.251 e. The number of likely N-dealkylation sites (tertiary alicyclic amines) is 1. The first-order chi connectivity index (χ1) is 14.4.